The summed E-state index contributed by atoms with van der Waals surface area (Å²) in [7, 11) is 1.46. The van der Waals surface area contributed by atoms with E-state index in [-0.39, 0.29) is 5.97 Å². The topological polar surface area (TPSA) is 26.3 Å². The number of rotatable bonds is 12. The van der Waals surface area contributed by atoms with E-state index in [1.54, 1.807) is 4.88 Å². The van der Waals surface area contributed by atoms with Gasteiger partial charge in [-0.1, -0.05) is 39.0 Å². The number of unbranched alkanes of at least 4 members (excludes halogenated alkanes) is 6. The smallest absolute Gasteiger partial charge is 0.305 e. The quantitative estimate of drug-likeness (QED) is 0.374. The third kappa shape index (κ3) is 8.92. The number of hydrogen-bond donors (Lipinski definition) is 0. The molecule has 0 radical (unpaired) electrons. The summed E-state index contributed by atoms with van der Waals surface area (Å²) in [6, 6.07) is 4.62. The Bertz CT molecular complexity index is 384. The summed E-state index contributed by atoms with van der Waals surface area (Å²) in [6.45, 7) is 2.25. The van der Waals surface area contributed by atoms with Crippen molar-refractivity contribution in [1.29, 1.82) is 0 Å². The first-order chi connectivity index (χ1) is 10.3. The summed E-state index contributed by atoms with van der Waals surface area (Å²) in [5.74, 6) is -0.0795. The fourth-order valence-electron chi connectivity index (χ4n) is 2.44. The molecule has 0 spiro atoms. The second-order valence-electron chi connectivity index (χ2n) is 5.67. The van der Waals surface area contributed by atoms with Crippen molar-refractivity contribution in [3.63, 3.8) is 0 Å². The highest BCUT2D eigenvalue weighted by Crippen LogP contribution is 2.21. The van der Waals surface area contributed by atoms with E-state index < -0.39 is 0 Å². The first-order valence-corrected chi connectivity index (χ1v) is 9.22. The fourth-order valence-corrected chi connectivity index (χ4v) is 3.54. The average molecular weight is 311 g/mol. The van der Waals surface area contributed by atoms with E-state index in [4.69, 9.17) is 0 Å². The molecule has 21 heavy (non-hydrogen) atoms. The molecule has 120 valence electrons. The van der Waals surface area contributed by atoms with Crippen molar-refractivity contribution < 1.29 is 9.53 Å². The van der Waals surface area contributed by atoms with Gasteiger partial charge in [0.15, 0.2) is 0 Å². The zero-order valence-electron chi connectivity index (χ0n) is 13.7. The number of carbonyl (C=O) groups is 1. The highest BCUT2D eigenvalue weighted by molar-refractivity contribution is 7.11. The van der Waals surface area contributed by atoms with E-state index in [1.807, 2.05) is 11.3 Å². The Morgan fingerprint density at radius 1 is 0.952 bits per heavy atom. The van der Waals surface area contributed by atoms with E-state index in [2.05, 4.69) is 23.8 Å². The molecule has 1 rings (SSSR count). The van der Waals surface area contributed by atoms with E-state index >= 15 is 0 Å². The van der Waals surface area contributed by atoms with Gasteiger partial charge in [0, 0.05) is 16.2 Å². The van der Waals surface area contributed by atoms with Crippen molar-refractivity contribution in [1.82, 2.24) is 0 Å². The van der Waals surface area contributed by atoms with Crippen molar-refractivity contribution in [2.24, 2.45) is 0 Å². The number of esters is 1. The van der Waals surface area contributed by atoms with Gasteiger partial charge >= 0.3 is 5.97 Å². The molecule has 0 saturated heterocycles. The molecule has 0 unspecified atom stereocenters. The molecule has 0 fully saturated rings. The molecule has 1 heterocycles. The molecule has 2 nitrogen and oxygen atoms in total. The Labute approximate surface area is 133 Å². The molecule has 1 aromatic heterocycles. The number of thiophene rings is 1. The summed E-state index contributed by atoms with van der Waals surface area (Å²) in [5.41, 5.74) is 0. The highest BCUT2D eigenvalue weighted by Gasteiger charge is 2.02. The maximum absolute atomic E-state index is 11.0. The van der Waals surface area contributed by atoms with Crippen molar-refractivity contribution in [2.45, 2.75) is 77.6 Å². The number of hydrogen-bond acceptors (Lipinski definition) is 3. The molecule has 0 N–H and O–H groups in total. The Hall–Kier alpha value is -0.830. The van der Waals surface area contributed by atoms with Gasteiger partial charge in [0.05, 0.1) is 7.11 Å². The Morgan fingerprint density at radius 3 is 2.14 bits per heavy atom. The first kappa shape index (κ1) is 18.2. The third-order valence-electron chi connectivity index (χ3n) is 3.78. The number of aryl methyl sites for hydroxylation is 2. The minimum absolute atomic E-state index is 0.0795. The van der Waals surface area contributed by atoms with E-state index in [1.165, 1.54) is 63.4 Å². The third-order valence-corrected chi connectivity index (χ3v) is 4.98. The molecule has 3 heteroatoms. The summed E-state index contributed by atoms with van der Waals surface area (Å²) in [5, 5.41) is 0. The normalized spacial score (nSPS) is 10.8. The maximum atomic E-state index is 11.0. The van der Waals surface area contributed by atoms with Crippen LogP contribution < -0.4 is 0 Å². The van der Waals surface area contributed by atoms with Gasteiger partial charge in [0.2, 0.25) is 0 Å². The largest absolute Gasteiger partial charge is 0.469 e. The van der Waals surface area contributed by atoms with Crippen LogP contribution in [0.1, 0.15) is 74.5 Å². The summed E-state index contributed by atoms with van der Waals surface area (Å²) in [4.78, 5) is 14.1. The molecule has 0 atom stereocenters. The molecule has 0 amide bonds. The zero-order chi connectivity index (χ0) is 15.3. The number of carbonyl (C=O) groups excluding carboxylic acids is 1. The van der Waals surface area contributed by atoms with Crippen LogP contribution in [-0.4, -0.2) is 13.1 Å². The molecular weight excluding hydrogens is 280 g/mol. The van der Waals surface area contributed by atoms with Crippen LogP contribution in [0.25, 0.3) is 0 Å². The summed E-state index contributed by atoms with van der Waals surface area (Å²) < 4.78 is 4.64. The molecule has 0 saturated carbocycles. The van der Waals surface area contributed by atoms with Crippen molar-refractivity contribution >= 4 is 17.3 Å². The van der Waals surface area contributed by atoms with Gasteiger partial charge in [-0.2, -0.15) is 0 Å². The Balaban J connectivity index is 2.01. The standard InChI is InChI=1S/C18H30O2S/c1-3-4-8-11-16-14-15-17(21-16)12-9-6-5-7-10-13-18(19)20-2/h14-15H,3-13H2,1-2H3. The summed E-state index contributed by atoms with van der Waals surface area (Å²) in [6.07, 6.45) is 12.9. The first-order valence-electron chi connectivity index (χ1n) is 8.40. The van der Waals surface area contributed by atoms with Crippen LogP contribution in [0.5, 0.6) is 0 Å². The molecular formula is C18H30O2S. The van der Waals surface area contributed by atoms with Gasteiger partial charge < -0.3 is 4.74 Å². The van der Waals surface area contributed by atoms with Crippen molar-refractivity contribution in [3.05, 3.63) is 21.9 Å². The maximum Gasteiger partial charge on any atom is 0.305 e. The summed E-state index contributed by atoms with van der Waals surface area (Å²) >= 11 is 2.00. The second-order valence-corrected chi connectivity index (χ2v) is 6.92. The van der Waals surface area contributed by atoms with Gasteiger partial charge in [-0.3, -0.25) is 4.79 Å². The lowest BCUT2D eigenvalue weighted by molar-refractivity contribution is -0.140. The minimum atomic E-state index is -0.0795. The second kappa shape index (κ2) is 11.8. The average Bonchev–Trinajstić information content (AvgIpc) is 2.94. The lowest BCUT2D eigenvalue weighted by Gasteiger charge is -2.01. The highest BCUT2D eigenvalue weighted by atomic mass is 32.1. The van der Waals surface area contributed by atoms with Crippen molar-refractivity contribution in [2.75, 3.05) is 7.11 Å². The molecule has 0 aliphatic rings. The molecule has 1 aromatic rings. The SMILES string of the molecule is CCCCCc1ccc(CCCCCCCC(=O)OC)s1. The number of ether oxygens (including phenoxy) is 1. The van der Waals surface area contributed by atoms with Gasteiger partial charge in [-0.15, -0.1) is 11.3 Å². The van der Waals surface area contributed by atoms with Gasteiger partial charge in [-0.05, 0) is 44.2 Å². The predicted octanol–water partition coefficient (Wildman–Crippen LogP) is 5.54. The van der Waals surface area contributed by atoms with Gasteiger partial charge in [0.1, 0.15) is 0 Å². The van der Waals surface area contributed by atoms with Crippen LogP contribution in [0.2, 0.25) is 0 Å². The van der Waals surface area contributed by atoms with E-state index in [9.17, 15) is 4.79 Å². The lowest BCUT2D eigenvalue weighted by atomic mass is 10.1. The molecule has 0 aliphatic heterocycles. The Kier molecular flexibility index (Phi) is 10.2. The zero-order valence-corrected chi connectivity index (χ0v) is 14.5. The van der Waals surface area contributed by atoms with Gasteiger partial charge in [0.25, 0.3) is 0 Å². The van der Waals surface area contributed by atoms with Crippen LogP contribution in [0, 0.1) is 0 Å². The minimum Gasteiger partial charge on any atom is -0.469 e. The Morgan fingerprint density at radius 2 is 1.52 bits per heavy atom. The van der Waals surface area contributed by atoms with Gasteiger partial charge in [-0.25, -0.2) is 0 Å². The van der Waals surface area contributed by atoms with E-state index in [0.717, 1.165) is 12.8 Å². The molecule has 0 aromatic carbocycles. The van der Waals surface area contributed by atoms with Crippen molar-refractivity contribution in [3.8, 4) is 0 Å². The van der Waals surface area contributed by atoms with Crippen LogP contribution in [0.3, 0.4) is 0 Å². The van der Waals surface area contributed by atoms with Crippen LogP contribution in [0.15, 0.2) is 12.1 Å². The molecule has 0 bridgehead atoms. The number of methoxy groups -OCH3 is 1. The van der Waals surface area contributed by atoms with E-state index in [0.29, 0.717) is 6.42 Å². The van der Waals surface area contributed by atoms with Crippen LogP contribution in [-0.2, 0) is 22.4 Å². The monoisotopic (exact) mass is 310 g/mol. The lowest BCUT2D eigenvalue weighted by Crippen LogP contribution is -1.99. The van der Waals surface area contributed by atoms with Crippen LogP contribution in [0.4, 0.5) is 0 Å². The molecule has 0 aliphatic carbocycles. The van der Waals surface area contributed by atoms with Crippen LogP contribution >= 0.6 is 11.3 Å². The fraction of sp³-hybridized carbons (Fsp3) is 0.722. The predicted molar refractivity (Wildman–Crippen MR) is 91.0 cm³/mol.